The minimum absolute atomic E-state index is 0.0900. The molecule has 3 atom stereocenters. The zero-order chi connectivity index (χ0) is 39.3. The predicted molar refractivity (Wildman–Crippen MR) is 194 cm³/mol. The Labute approximate surface area is 309 Å². The summed E-state index contributed by atoms with van der Waals surface area (Å²) in [7, 11) is 0. The van der Waals surface area contributed by atoms with Crippen LogP contribution in [0.3, 0.4) is 0 Å². The Bertz CT molecular complexity index is 1680. The third-order valence-electron chi connectivity index (χ3n) is 7.89. The number of rotatable bonds is 17. The van der Waals surface area contributed by atoms with E-state index in [0.29, 0.717) is 16.9 Å². The summed E-state index contributed by atoms with van der Waals surface area (Å²) in [5.74, 6) is -11.3. The summed E-state index contributed by atoms with van der Waals surface area (Å²) < 4.78 is 48.0. The second-order valence-electron chi connectivity index (χ2n) is 14.3. The van der Waals surface area contributed by atoms with Gasteiger partial charge in [0, 0.05) is 6.42 Å². The number of alkyl halides is 2. The van der Waals surface area contributed by atoms with E-state index < -0.39 is 77.6 Å². The van der Waals surface area contributed by atoms with Gasteiger partial charge >= 0.3 is 18.0 Å². The fraction of sp³-hybridized carbons (Fsp3) is 0.425. The number of amides is 3. The molecule has 11 nitrogen and oxygen atoms in total. The first-order valence-electron chi connectivity index (χ1n) is 17.4. The lowest BCUT2D eigenvalue weighted by Gasteiger charge is -2.29. The Morgan fingerprint density at radius 1 is 0.660 bits per heavy atom. The first kappa shape index (κ1) is 42.1. The van der Waals surface area contributed by atoms with E-state index in [0.717, 1.165) is 5.56 Å². The van der Waals surface area contributed by atoms with E-state index in [1.165, 1.54) is 13.8 Å². The van der Waals surface area contributed by atoms with Crippen LogP contribution in [0.15, 0.2) is 84.9 Å². The molecule has 3 aromatic carbocycles. The summed E-state index contributed by atoms with van der Waals surface area (Å²) >= 11 is 0. The van der Waals surface area contributed by atoms with Crippen LogP contribution in [-0.4, -0.2) is 59.3 Å². The Morgan fingerprint density at radius 2 is 1.19 bits per heavy atom. The van der Waals surface area contributed by atoms with Gasteiger partial charge in [0.15, 0.2) is 0 Å². The largest absolute Gasteiger partial charge is 0.489 e. The van der Waals surface area contributed by atoms with Crippen molar-refractivity contribution >= 4 is 29.7 Å². The molecular formula is C40H49F2N3O8. The summed E-state index contributed by atoms with van der Waals surface area (Å²) in [6.07, 6.45) is -1.39. The van der Waals surface area contributed by atoms with Gasteiger partial charge in [-0.15, -0.1) is 0 Å². The maximum absolute atomic E-state index is 15.8. The smallest absolute Gasteiger partial charge is 0.408 e. The molecule has 0 saturated heterocycles. The number of Topliss-reactive ketones (excluding diaryl/α,β-unsaturated/α-hetero) is 1. The molecule has 3 rings (SSSR count). The third kappa shape index (κ3) is 13.3. The minimum atomic E-state index is -4.69. The highest BCUT2D eigenvalue weighted by atomic mass is 19.3. The molecule has 0 radical (unpaired) electrons. The summed E-state index contributed by atoms with van der Waals surface area (Å²) in [6.45, 7) is 11.2. The van der Waals surface area contributed by atoms with Crippen LogP contribution < -0.4 is 20.7 Å². The zero-order valence-electron chi connectivity index (χ0n) is 31.1. The van der Waals surface area contributed by atoms with Crippen molar-refractivity contribution in [3.05, 3.63) is 102 Å². The number of halogens is 2. The van der Waals surface area contributed by atoms with Crippen molar-refractivity contribution in [2.75, 3.05) is 0 Å². The van der Waals surface area contributed by atoms with E-state index in [4.69, 9.17) is 14.2 Å². The summed E-state index contributed by atoms with van der Waals surface area (Å²) in [6, 6.07) is 19.7. The fourth-order valence-electron chi connectivity index (χ4n) is 5.02. The molecular weight excluding hydrogens is 688 g/mol. The second kappa shape index (κ2) is 19.0. The monoisotopic (exact) mass is 737 g/mol. The molecule has 0 heterocycles. The Kier molecular flexibility index (Phi) is 15.0. The fourth-order valence-corrected chi connectivity index (χ4v) is 5.02. The molecule has 0 aliphatic heterocycles. The van der Waals surface area contributed by atoms with Gasteiger partial charge in [-0.05, 0) is 61.4 Å². The van der Waals surface area contributed by atoms with Crippen LogP contribution in [0, 0.1) is 11.8 Å². The van der Waals surface area contributed by atoms with Gasteiger partial charge in [-0.1, -0.05) is 100 Å². The average molecular weight is 738 g/mol. The first-order chi connectivity index (χ1) is 24.9. The highest BCUT2D eigenvalue weighted by molar-refractivity contribution is 6.11. The van der Waals surface area contributed by atoms with Crippen molar-refractivity contribution in [1.29, 1.82) is 0 Å². The van der Waals surface area contributed by atoms with Crippen LogP contribution in [0.4, 0.5) is 13.6 Å². The third-order valence-corrected chi connectivity index (χ3v) is 7.89. The topological polar surface area (TPSA) is 149 Å². The van der Waals surface area contributed by atoms with E-state index in [1.54, 1.807) is 89.2 Å². The zero-order valence-corrected chi connectivity index (χ0v) is 31.1. The van der Waals surface area contributed by atoms with Crippen molar-refractivity contribution in [3.63, 3.8) is 0 Å². The van der Waals surface area contributed by atoms with Crippen molar-refractivity contribution in [1.82, 2.24) is 16.0 Å². The molecule has 0 aliphatic carbocycles. The summed E-state index contributed by atoms with van der Waals surface area (Å²) in [5.41, 5.74) is 1.01. The maximum Gasteiger partial charge on any atom is 0.408 e. The van der Waals surface area contributed by atoms with Gasteiger partial charge in [-0.25, -0.2) is 9.59 Å². The molecule has 3 amide bonds. The lowest BCUT2D eigenvalue weighted by molar-refractivity contribution is -0.167. The van der Waals surface area contributed by atoms with Crippen molar-refractivity contribution in [2.24, 2.45) is 11.8 Å². The molecule has 286 valence electrons. The molecule has 0 unspecified atom stereocenters. The molecule has 13 heteroatoms. The van der Waals surface area contributed by atoms with Crippen LogP contribution >= 0.6 is 0 Å². The first-order valence-corrected chi connectivity index (χ1v) is 17.4. The van der Waals surface area contributed by atoms with E-state index in [1.807, 2.05) is 35.6 Å². The number of carbonyl (C=O) groups excluding carboxylic acids is 5. The summed E-state index contributed by atoms with van der Waals surface area (Å²) in [4.78, 5) is 65.7. The van der Waals surface area contributed by atoms with Gasteiger partial charge in [0.2, 0.25) is 11.7 Å². The highest BCUT2D eigenvalue weighted by Crippen LogP contribution is 2.23. The number of hydrogen-bond donors (Lipinski definition) is 3. The SMILES string of the molecule is CC(C)[C@H](NC(=O)OCc1ccccc1)C(=O)N[C@@H](Cc1ccc(OCc2ccccc2)cc1)C(=O)C(F)(F)C(=O)N[C@@H](C(=O)OC(C)(C)C)C(C)C. The number of ether oxygens (including phenoxy) is 3. The molecule has 0 aliphatic rings. The van der Waals surface area contributed by atoms with Crippen LogP contribution in [0.2, 0.25) is 0 Å². The normalized spacial score (nSPS) is 13.3. The minimum Gasteiger partial charge on any atom is -0.489 e. The van der Waals surface area contributed by atoms with Gasteiger partial charge in [0.25, 0.3) is 5.91 Å². The van der Waals surface area contributed by atoms with Gasteiger partial charge in [-0.2, -0.15) is 8.78 Å². The number of alkyl carbamates (subject to hydrolysis) is 1. The van der Waals surface area contributed by atoms with Crippen LogP contribution in [-0.2, 0) is 48.3 Å². The van der Waals surface area contributed by atoms with Crippen molar-refractivity contribution in [2.45, 2.75) is 97.7 Å². The van der Waals surface area contributed by atoms with Crippen molar-refractivity contribution in [3.8, 4) is 5.75 Å². The lowest BCUT2D eigenvalue weighted by atomic mass is 9.96. The number of hydrogen-bond acceptors (Lipinski definition) is 8. The number of ketones is 1. The van der Waals surface area contributed by atoms with E-state index in [-0.39, 0.29) is 13.2 Å². The van der Waals surface area contributed by atoms with Crippen LogP contribution in [0.5, 0.6) is 5.75 Å². The number of esters is 1. The Hall–Kier alpha value is -5.33. The molecule has 0 saturated carbocycles. The molecule has 0 bridgehead atoms. The van der Waals surface area contributed by atoms with Gasteiger partial charge in [-0.3, -0.25) is 14.4 Å². The van der Waals surface area contributed by atoms with Gasteiger partial charge < -0.3 is 30.2 Å². The molecule has 0 spiro atoms. The van der Waals surface area contributed by atoms with Crippen molar-refractivity contribution < 1.29 is 47.0 Å². The molecule has 0 fully saturated rings. The lowest BCUT2D eigenvalue weighted by Crippen LogP contribution is -2.60. The van der Waals surface area contributed by atoms with Crippen LogP contribution in [0.25, 0.3) is 0 Å². The summed E-state index contributed by atoms with van der Waals surface area (Å²) in [5, 5.41) is 6.75. The van der Waals surface area contributed by atoms with E-state index >= 15 is 8.78 Å². The number of carbonyl (C=O) groups is 5. The molecule has 53 heavy (non-hydrogen) atoms. The van der Waals surface area contributed by atoms with E-state index in [9.17, 15) is 24.0 Å². The maximum atomic E-state index is 15.8. The van der Waals surface area contributed by atoms with Crippen LogP contribution in [0.1, 0.15) is 65.2 Å². The second-order valence-corrected chi connectivity index (χ2v) is 14.3. The predicted octanol–water partition coefficient (Wildman–Crippen LogP) is 5.93. The standard InChI is InChI=1S/C40H49F2N3O8/c1-25(2)32(45-38(50)52-24-29-16-12-9-13-17-29)35(47)43-31(22-27-18-20-30(21-19-27)51-23-28-14-10-8-11-15-28)34(46)40(41,42)37(49)44-33(26(3)4)36(48)53-39(5,6)7/h8-21,25-26,31-33H,22-24H2,1-7H3,(H,43,47)(H,44,49)(H,45,50)/t31-,32-,33+/m0/s1. The molecule has 0 aromatic heterocycles. The van der Waals surface area contributed by atoms with E-state index in [2.05, 4.69) is 10.6 Å². The molecule has 3 aromatic rings. The molecule has 3 N–H and O–H groups in total. The Balaban J connectivity index is 1.84. The quantitative estimate of drug-likeness (QED) is 0.114. The number of benzene rings is 3. The number of nitrogens with one attached hydrogen (secondary N) is 3. The highest BCUT2D eigenvalue weighted by Gasteiger charge is 2.52. The van der Waals surface area contributed by atoms with Gasteiger partial charge in [0.05, 0.1) is 6.04 Å². The van der Waals surface area contributed by atoms with Gasteiger partial charge in [0.1, 0.15) is 36.6 Å². The Morgan fingerprint density at radius 3 is 1.70 bits per heavy atom. The average Bonchev–Trinajstić information content (AvgIpc) is 3.10.